The highest BCUT2D eigenvalue weighted by atomic mass is 35.5. The van der Waals surface area contributed by atoms with Crippen LogP contribution in [0.25, 0.3) is 0 Å². The quantitative estimate of drug-likeness (QED) is 0.877. The first kappa shape index (κ1) is 18.2. The van der Waals surface area contributed by atoms with Crippen molar-refractivity contribution in [1.29, 1.82) is 0 Å². The molecule has 2 aromatic rings. The summed E-state index contributed by atoms with van der Waals surface area (Å²) in [5.74, 6) is 1.33. The van der Waals surface area contributed by atoms with Crippen LogP contribution in [-0.4, -0.2) is 41.0 Å². The van der Waals surface area contributed by atoms with Gasteiger partial charge in [-0.25, -0.2) is 9.97 Å². The maximum absolute atomic E-state index is 13.0. The first-order valence-corrected chi connectivity index (χ1v) is 9.74. The fourth-order valence-corrected chi connectivity index (χ4v) is 3.93. The van der Waals surface area contributed by atoms with Crippen molar-refractivity contribution in [2.45, 2.75) is 38.3 Å². The van der Waals surface area contributed by atoms with Gasteiger partial charge < -0.3 is 15.0 Å². The van der Waals surface area contributed by atoms with Crippen LogP contribution in [0.15, 0.2) is 24.4 Å². The molecule has 4 rings (SSSR count). The summed E-state index contributed by atoms with van der Waals surface area (Å²) in [6.45, 7) is 2.15. The smallest absolute Gasteiger partial charge is 0.257 e. The number of halogens is 1. The molecule has 1 amide bonds. The lowest BCUT2D eigenvalue weighted by Crippen LogP contribution is -2.37. The van der Waals surface area contributed by atoms with Gasteiger partial charge in [0.15, 0.2) is 0 Å². The number of methoxy groups -OCH3 is 1. The van der Waals surface area contributed by atoms with Gasteiger partial charge in [-0.2, -0.15) is 0 Å². The zero-order chi connectivity index (χ0) is 18.8. The first-order chi connectivity index (χ1) is 13.2. The molecule has 2 aliphatic heterocycles. The van der Waals surface area contributed by atoms with E-state index in [4.69, 9.17) is 21.3 Å². The van der Waals surface area contributed by atoms with Crippen molar-refractivity contribution < 1.29 is 9.53 Å². The van der Waals surface area contributed by atoms with Gasteiger partial charge in [-0.05, 0) is 37.6 Å². The van der Waals surface area contributed by atoms with Gasteiger partial charge in [-0.1, -0.05) is 18.0 Å². The molecule has 2 aliphatic rings. The number of piperidine rings is 1. The molecule has 142 valence electrons. The molecule has 1 fully saturated rings. The van der Waals surface area contributed by atoms with E-state index in [1.165, 1.54) is 12.8 Å². The normalized spacial score (nSPS) is 19.5. The average Bonchev–Trinajstić information content (AvgIpc) is 2.73. The van der Waals surface area contributed by atoms with Crippen molar-refractivity contribution in [2.24, 2.45) is 0 Å². The van der Waals surface area contributed by atoms with Crippen LogP contribution in [0.3, 0.4) is 0 Å². The van der Waals surface area contributed by atoms with E-state index in [0.29, 0.717) is 29.4 Å². The number of carbonyl (C=O) groups excluding carboxylic acids is 1. The third kappa shape index (κ3) is 3.77. The molecule has 0 aliphatic carbocycles. The van der Waals surface area contributed by atoms with Crippen molar-refractivity contribution >= 4 is 17.5 Å². The summed E-state index contributed by atoms with van der Waals surface area (Å²) in [5, 5.41) is 4.01. The Morgan fingerprint density at radius 2 is 2.26 bits per heavy atom. The van der Waals surface area contributed by atoms with Crippen molar-refractivity contribution in [3.63, 3.8) is 0 Å². The van der Waals surface area contributed by atoms with Gasteiger partial charge in [0.2, 0.25) is 0 Å². The Balaban J connectivity index is 1.53. The highest BCUT2D eigenvalue weighted by Gasteiger charge is 2.26. The molecule has 27 heavy (non-hydrogen) atoms. The molecule has 0 saturated carbocycles. The minimum Gasteiger partial charge on any atom is -0.496 e. The number of nitrogens with zero attached hydrogens (tertiary/aromatic N) is 3. The molecule has 1 atom stereocenters. The summed E-state index contributed by atoms with van der Waals surface area (Å²) in [7, 11) is 1.56. The summed E-state index contributed by atoms with van der Waals surface area (Å²) in [6, 6.07) is 5.35. The average molecular weight is 387 g/mol. The fourth-order valence-electron chi connectivity index (χ4n) is 3.76. The first-order valence-electron chi connectivity index (χ1n) is 9.36. The van der Waals surface area contributed by atoms with Crippen molar-refractivity contribution in [2.75, 3.05) is 20.2 Å². The largest absolute Gasteiger partial charge is 0.496 e. The number of aromatic nitrogens is 2. The summed E-state index contributed by atoms with van der Waals surface area (Å²) >= 11 is 6.08. The van der Waals surface area contributed by atoms with Gasteiger partial charge >= 0.3 is 0 Å². The molecule has 7 heteroatoms. The van der Waals surface area contributed by atoms with Crippen LogP contribution in [0.2, 0.25) is 5.02 Å². The zero-order valence-electron chi connectivity index (χ0n) is 15.4. The van der Waals surface area contributed by atoms with Crippen LogP contribution in [0.4, 0.5) is 0 Å². The van der Waals surface area contributed by atoms with Gasteiger partial charge in [-0.15, -0.1) is 0 Å². The Morgan fingerprint density at radius 3 is 3.04 bits per heavy atom. The minimum atomic E-state index is -0.0852. The number of hydrogen-bond acceptors (Lipinski definition) is 5. The number of ether oxygens (including phenoxy) is 1. The van der Waals surface area contributed by atoms with E-state index in [9.17, 15) is 4.79 Å². The molecule has 0 radical (unpaired) electrons. The molecular weight excluding hydrogens is 364 g/mol. The Morgan fingerprint density at radius 1 is 1.37 bits per heavy atom. The van der Waals surface area contributed by atoms with E-state index in [1.807, 2.05) is 6.20 Å². The molecule has 1 unspecified atom stereocenters. The summed E-state index contributed by atoms with van der Waals surface area (Å²) in [6.07, 6.45) is 6.11. The Bertz CT molecular complexity index is 852. The van der Waals surface area contributed by atoms with Gasteiger partial charge in [-0.3, -0.25) is 4.79 Å². The predicted molar refractivity (Wildman–Crippen MR) is 103 cm³/mol. The maximum atomic E-state index is 13.0. The number of rotatable bonds is 3. The number of carbonyl (C=O) groups is 1. The summed E-state index contributed by atoms with van der Waals surface area (Å²) in [5.41, 5.74) is 2.54. The molecule has 1 saturated heterocycles. The summed E-state index contributed by atoms with van der Waals surface area (Å²) < 4.78 is 5.33. The number of benzene rings is 1. The van der Waals surface area contributed by atoms with Crippen LogP contribution in [0.1, 0.15) is 52.7 Å². The number of nitrogens with one attached hydrogen (secondary N) is 1. The second-order valence-electron chi connectivity index (χ2n) is 7.02. The van der Waals surface area contributed by atoms with E-state index in [2.05, 4.69) is 10.3 Å². The highest BCUT2D eigenvalue weighted by Crippen LogP contribution is 2.27. The van der Waals surface area contributed by atoms with E-state index in [0.717, 1.165) is 36.5 Å². The van der Waals surface area contributed by atoms with E-state index < -0.39 is 0 Å². The molecular formula is C20H23ClN4O2. The molecule has 1 aromatic carbocycles. The topological polar surface area (TPSA) is 67.3 Å². The third-order valence-corrected chi connectivity index (χ3v) is 5.49. The predicted octanol–water partition coefficient (Wildman–Crippen LogP) is 3.15. The SMILES string of the molecule is COc1ccc(Cl)cc1C(=O)N1CCc2nc(C3CCCCN3)ncc2C1. The summed E-state index contributed by atoms with van der Waals surface area (Å²) in [4.78, 5) is 24.2. The highest BCUT2D eigenvalue weighted by molar-refractivity contribution is 6.31. The van der Waals surface area contributed by atoms with Crippen LogP contribution < -0.4 is 10.1 Å². The van der Waals surface area contributed by atoms with Gasteiger partial charge in [0, 0.05) is 36.3 Å². The molecule has 0 bridgehead atoms. The molecule has 6 nitrogen and oxygen atoms in total. The second kappa shape index (κ2) is 7.82. The lowest BCUT2D eigenvalue weighted by Gasteiger charge is -2.29. The lowest BCUT2D eigenvalue weighted by atomic mass is 10.0. The van der Waals surface area contributed by atoms with Crippen molar-refractivity contribution in [3.05, 3.63) is 52.1 Å². The lowest BCUT2D eigenvalue weighted by molar-refractivity contribution is 0.0729. The van der Waals surface area contributed by atoms with Gasteiger partial charge in [0.1, 0.15) is 11.6 Å². The zero-order valence-corrected chi connectivity index (χ0v) is 16.1. The Labute approximate surface area is 163 Å². The Hall–Kier alpha value is -2.18. The van der Waals surface area contributed by atoms with Crippen LogP contribution in [-0.2, 0) is 13.0 Å². The number of fused-ring (bicyclic) bond motifs is 1. The Kier molecular flexibility index (Phi) is 5.27. The van der Waals surface area contributed by atoms with Crippen LogP contribution in [0.5, 0.6) is 5.75 Å². The van der Waals surface area contributed by atoms with Crippen molar-refractivity contribution in [1.82, 2.24) is 20.2 Å². The standard InChI is InChI=1S/C20H23ClN4O2/c1-27-18-6-5-14(21)10-15(18)20(26)25-9-7-16-13(12-25)11-23-19(24-16)17-4-2-3-8-22-17/h5-6,10-11,17,22H,2-4,7-9,12H2,1H3. The number of amides is 1. The minimum absolute atomic E-state index is 0.0852. The number of hydrogen-bond donors (Lipinski definition) is 1. The second-order valence-corrected chi connectivity index (χ2v) is 7.46. The van der Waals surface area contributed by atoms with Crippen molar-refractivity contribution in [3.8, 4) is 5.75 Å². The molecule has 1 aromatic heterocycles. The molecule has 0 spiro atoms. The molecule has 1 N–H and O–H groups in total. The maximum Gasteiger partial charge on any atom is 0.257 e. The van der Waals surface area contributed by atoms with E-state index >= 15 is 0 Å². The van der Waals surface area contributed by atoms with E-state index in [-0.39, 0.29) is 11.9 Å². The van der Waals surface area contributed by atoms with Crippen LogP contribution in [0, 0.1) is 0 Å². The van der Waals surface area contributed by atoms with Gasteiger partial charge in [0.25, 0.3) is 5.91 Å². The monoisotopic (exact) mass is 386 g/mol. The molecule has 3 heterocycles. The third-order valence-electron chi connectivity index (χ3n) is 5.25. The van der Waals surface area contributed by atoms with E-state index in [1.54, 1.807) is 30.2 Å². The fraction of sp³-hybridized carbons (Fsp3) is 0.450. The van der Waals surface area contributed by atoms with Crippen LogP contribution >= 0.6 is 11.6 Å². The van der Waals surface area contributed by atoms with Gasteiger partial charge in [0.05, 0.1) is 24.4 Å².